The molecular formula is C9H9NS. The molecule has 2 heteroatoms. The van der Waals surface area contributed by atoms with Crippen molar-refractivity contribution in [2.24, 2.45) is 4.99 Å². The Balaban J connectivity index is 2.91. The third-order valence-corrected chi connectivity index (χ3v) is 1.61. The molecule has 1 aromatic rings. The van der Waals surface area contributed by atoms with E-state index in [2.05, 4.69) is 29.3 Å². The van der Waals surface area contributed by atoms with E-state index < -0.39 is 0 Å². The lowest BCUT2D eigenvalue weighted by atomic mass is 10.2. The average molecular weight is 163 g/mol. The van der Waals surface area contributed by atoms with Gasteiger partial charge in [-0.05, 0) is 36.3 Å². The third-order valence-electron chi connectivity index (χ3n) is 1.52. The molecule has 0 aliphatic heterocycles. The van der Waals surface area contributed by atoms with Crippen LogP contribution in [0.3, 0.4) is 0 Å². The number of nitrogens with zero attached hydrogens (tertiary/aromatic N) is 1. The number of isothiocyanates is 1. The Bertz CT molecular complexity index is 270. The number of aliphatic imine (C=N–C) groups is 1. The topological polar surface area (TPSA) is 12.4 Å². The first kappa shape index (κ1) is 8.12. The van der Waals surface area contributed by atoms with E-state index in [1.54, 1.807) is 0 Å². The number of thiocarbonyl (C=S) groups is 1. The summed E-state index contributed by atoms with van der Waals surface area (Å²) in [6.45, 7) is 2.12. The normalized spacial score (nSPS) is 8.82. The quantitative estimate of drug-likeness (QED) is 0.482. The smallest absolute Gasteiger partial charge is 0.0739 e. The van der Waals surface area contributed by atoms with Crippen LogP contribution in [0.5, 0.6) is 0 Å². The van der Waals surface area contributed by atoms with E-state index in [-0.39, 0.29) is 0 Å². The van der Waals surface area contributed by atoms with Gasteiger partial charge in [-0.1, -0.05) is 19.1 Å². The maximum atomic E-state index is 4.48. The van der Waals surface area contributed by atoms with Gasteiger partial charge in [-0.25, -0.2) is 0 Å². The summed E-state index contributed by atoms with van der Waals surface area (Å²) >= 11 is 4.48. The predicted octanol–water partition coefficient (Wildman–Crippen LogP) is 2.98. The number of rotatable bonds is 2. The van der Waals surface area contributed by atoms with Crippen LogP contribution in [0.2, 0.25) is 0 Å². The molecule has 0 spiro atoms. The Morgan fingerprint density at radius 3 is 2.45 bits per heavy atom. The fourth-order valence-electron chi connectivity index (χ4n) is 0.859. The molecule has 56 valence electrons. The molecule has 0 saturated carbocycles. The Hall–Kier alpha value is -0.980. The van der Waals surface area contributed by atoms with Gasteiger partial charge in [0.05, 0.1) is 10.8 Å². The lowest BCUT2D eigenvalue weighted by Gasteiger charge is -1.94. The van der Waals surface area contributed by atoms with Crippen molar-refractivity contribution in [1.29, 1.82) is 0 Å². The van der Waals surface area contributed by atoms with Crippen LogP contribution in [0.15, 0.2) is 29.3 Å². The second kappa shape index (κ2) is 4.02. The molecule has 1 rings (SSSR count). The van der Waals surface area contributed by atoms with E-state index in [4.69, 9.17) is 0 Å². The molecular weight excluding hydrogens is 154 g/mol. The molecule has 0 saturated heterocycles. The number of aryl methyl sites for hydroxylation is 1. The van der Waals surface area contributed by atoms with Crippen LogP contribution in [-0.4, -0.2) is 5.16 Å². The fraction of sp³-hybridized carbons (Fsp3) is 0.222. The van der Waals surface area contributed by atoms with Gasteiger partial charge in [-0.15, -0.1) is 0 Å². The van der Waals surface area contributed by atoms with Gasteiger partial charge in [0.1, 0.15) is 0 Å². The highest BCUT2D eigenvalue weighted by Crippen LogP contribution is 2.11. The van der Waals surface area contributed by atoms with Gasteiger partial charge in [0.25, 0.3) is 0 Å². The molecule has 1 aromatic carbocycles. The molecule has 0 atom stereocenters. The minimum absolute atomic E-state index is 0.872. The van der Waals surface area contributed by atoms with Crippen molar-refractivity contribution >= 4 is 23.1 Å². The molecule has 0 heterocycles. The second-order valence-corrected chi connectivity index (χ2v) is 2.41. The molecule has 0 aromatic heterocycles. The van der Waals surface area contributed by atoms with Crippen LogP contribution in [0.4, 0.5) is 5.69 Å². The molecule has 0 radical (unpaired) electrons. The van der Waals surface area contributed by atoms with E-state index >= 15 is 0 Å². The van der Waals surface area contributed by atoms with Crippen molar-refractivity contribution in [2.45, 2.75) is 13.3 Å². The van der Waals surface area contributed by atoms with E-state index in [0.717, 1.165) is 12.1 Å². The maximum Gasteiger partial charge on any atom is 0.0739 e. The zero-order valence-corrected chi connectivity index (χ0v) is 7.19. The monoisotopic (exact) mass is 163 g/mol. The van der Waals surface area contributed by atoms with Crippen molar-refractivity contribution in [3.8, 4) is 0 Å². The molecule has 0 amide bonds. The minimum atomic E-state index is 0.872. The van der Waals surface area contributed by atoms with Crippen molar-refractivity contribution in [1.82, 2.24) is 0 Å². The summed E-state index contributed by atoms with van der Waals surface area (Å²) in [5, 5.41) is 2.33. The maximum absolute atomic E-state index is 4.48. The highest BCUT2D eigenvalue weighted by atomic mass is 32.1. The average Bonchev–Trinajstić information content (AvgIpc) is 2.07. The third kappa shape index (κ3) is 2.26. The van der Waals surface area contributed by atoms with Gasteiger partial charge in [0.15, 0.2) is 0 Å². The number of hydrogen-bond donors (Lipinski definition) is 0. The summed E-state index contributed by atoms with van der Waals surface area (Å²) in [4.78, 5) is 3.85. The summed E-state index contributed by atoms with van der Waals surface area (Å²) in [6, 6.07) is 7.98. The van der Waals surface area contributed by atoms with Crippen LogP contribution in [0.25, 0.3) is 0 Å². The van der Waals surface area contributed by atoms with Gasteiger partial charge >= 0.3 is 0 Å². The Morgan fingerprint density at radius 1 is 1.36 bits per heavy atom. The molecule has 0 aliphatic carbocycles. The van der Waals surface area contributed by atoms with Gasteiger partial charge in [-0.2, -0.15) is 4.99 Å². The van der Waals surface area contributed by atoms with Gasteiger partial charge in [-0.3, -0.25) is 0 Å². The molecule has 1 nitrogen and oxygen atoms in total. The Morgan fingerprint density at radius 2 is 2.00 bits per heavy atom. The number of hydrogen-bond acceptors (Lipinski definition) is 2. The molecule has 0 unspecified atom stereocenters. The van der Waals surface area contributed by atoms with Crippen molar-refractivity contribution in [3.63, 3.8) is 0 Å². The zero-order chi connectivity index (χ0) is 8.10. The minimum Gasteiger partial charge on any atom is -0.195 e. The van der Waals surface area contributed by atoms with Crippen LogP contribution in [0.1, 0.15) is 12.5 Å². The van der Waals surface area contributed by atoms with Crippen molar-refractivity contribution < 1.29 is 0 Å². The summed E-state index contributed by atoms with van der Waals surface area (Å²) < 4.78 is 0. The van der Waals surface area contributed by atoms with Crippen LogP contribution in [0, 0.1) is 0 Å². The summed E-state index contributed by atoms with van der Waals surface area (Å²) in [7, 11) is 0. The lowest BCUT2D eigenvalue weighted by Crippen LogP contribution is -1.75. The van der Waals surface area contributed by atoms with Gasteiger partial charge < -0.3 is 0 Å². The SMILES string of the molecule is CCc1ccc(N=C=S)cc1. The first-order valence-corrected chi connectivity index (χ1v) is 3.94. The van der Waals surface area contributed by atoms with Crippen LogP contribution in [-0.2, 0) is 6.42 Å². The molecule has 0 fully saturated rings. The lowest BCUT2D eigenvalue weighted by molar-refractivity contribution is 1.14. The first-order valence-electron chi connectivity index (χ1n) is 3.53. The van der Waals surface area contributed by atoms with E-state index in [1.807, 2.05) is 24.3 Å². The predicted molar refractivity (Wildman–Crippen MR) is 50.5 cm³/mol. The second-order valence-electron chi connectivity index (χ2n) is 2.22. The van der Waals surface area contributed by atoms with Crippen molar-refractivity contribution in [3.05, 3.63) is 29.8 Å². The largest absolute Gasteiger partial charge is 0.195 e. The summed E-state index contributed by atoms with van der Waals surface area (Å²) in [5.41, 5.74) is 2.19. The van der Waals surface area contributed by atoms with E-state index in [1.165, 1.54) is 5.56 Å². The molecule has 11 heavy (non-hydrogen) atoms. The Labute approximate surface area is 71.8 Å². The highest BCUT2D eigenvalue weighted by molar-refractivity contribution is 7.78. The Kier molecular flexibility index (Phi) is 2.96. The fourth-order valence-corrected chi connectivity index (χ4v) is 0.964. The molecule has 0 N–H and O–H groups in total. The van der Waals surface area contributed by atoms with Gasteiger partial charge in [0.2, 0.25) is 0 Å². The van der Waals surface area contributed by atoms with Gasteiger partial charge in [0, 0.05) is 0 Å². The van der Waals surface area contributed by atoms with E-state index in [0.29, 0.717) is 0 Å². The highest BCUT2D eigenvalue weighted by Gasteiger charge is 1.88. The summed E-state index contributed by atoms with van der Waals surface area (Å²) in [5.74, 6) is 0. The molecule has 0 bridgehead atoms. The van der Waals surface area contributed by atoms with Crippen LogP contribution < -0.4 is 0 Å². The zero-order valence-electron chi connectivity index (χ0n) is 6.37. The van der Waals surface area contributed by atoms with Crippen molar-refractivity contribution in [2.75, 3.05) is 0 Å². The van der Waals surface area contributed by atoms with Crippen LogP contribution >= 0.6 is 12.2 Å². The van der Waals surface area contributed by atoms with E-state index in [9.17, 15) is 0 Å². The first-order chi connectivity index (χ1) is 5.36. The standard InChI is InChI=1S/C9H9NS/c1-2-8-3-5-9(6-4-8)10-7-11/h3-6H,2H2,1H3. The number of benzene rings is 1. The molecule has 0 aliphatic rings. The summed E-state index contributed by atoms with van der Waals surface area (Å²) in [6.07, 6.45) is 1.06.